The van der Waals surface area contributed by atoms with Crippen molar-refractivity contribution >= 4 is 8.32 Å². The Morgan fingerprint density at radius 1 is 1.00 bits per heavy atom. The summed E-state index contributed by atoms with van der Waals surface area (Å²) in [6, 6.07) is 17.8. The van der Waals surface area contributed by atoms with Gasteiger partial charge in [-0.25, -0.2) is 4.98 Å². The Morgan fingerprint density at radius 3 is 2.26 bits per heavy atom. The molecule has 1 heterocycles. The SMILES string of the molecule is CCC(/C=C(C)/C=C/C(O)c1c(OC)ncc(-c2ccc(OCc3ccccc3)cc2)c1OC)CO[Si](C)(C)C(C)(C)C. The van der Waals surface area contributed by atoms with Crippen LogP contribution < -0.4 is 14.2 Å². The number of hydrogen-bond acceptors (Lipinski definition) is 6. The minimum absolute atomic E-state index is 0.174. The van der Waals surface area contributed by atoms with Crippen molar-refractivity contribution in [1.29, 1.82) is 0 Å². The highest BCUT2D eigenvalue weighted by Gasteiger charge is 2.37. The van der Waals surface area contributed by atoms with Crippen molar-refractivity contribution in [3.63, 3.8) is 0 Å². The van der Waals surface area contributed by atoms with Gasteiger partial charge in [0.15, 0.2) is 8.32 Å². The largest absolute Gasteiger partial charge is 0.495 e. The molecule has 2 atom stereocenters. The summed E-state index contributed by atoms with van der Waals surface area (Å²) in [7, 11) is 1.31. The Morgan fingerprint density at radius 2 is 1.67 bits per heavy atom. The number of pyridine rings is 1. The number of rotatable bonds is 14. The molecular formula is C36H49NO5Si. The van der Waals surface area contributed by atoms with E-state index in [0.717, 1.165) is 34.4 Å². The summed E-state index contributed by atoms with van der Waals surface area (Å²) in [6.07, 6.45) is 7.60. The third kappa shape index (κ3) is 9.29. The molecule has 2 aromatic carbocycles. The quantitative estimate of drug-likeness (QED) is 0.147. The molecule has 1 N–H and O–H groups in total. The van der Waals surface area contributed by atoms with Gasteiger partial charge in [0.25, 0.3) is 0 Å². The smallest absolute Gasteiger partial charge is 0.223 e. The lowest BCUT2D eigenvalue weighted by Gasteiger charge is -2.37. The maximum absolute atomic E-state index is 11.3. The molecule has 0 aliphatic carbocycles. The van der Waals surface area contributed by atoms with Crippen LogP contribution >= 0.6 is 0 Å². The molecule has 0 bridgehead atoms. The standard InChI is InChI=1S/C36H49NO5Si/c1-10-27(25-42-43(8,9)36(3,4)5)22-26(2)16-21-32(38)33-34(39-6)31(23-37-35(33)40-7)29-17-19-30(20-18-29)41-24-28-14-12-11-13-15-28/h11-23,27,32,38H,10,24-25H2,1-9H3/b21-16+,26-22+. The summed E-state index contributed by atoms with van der Waals surface area (Å²) in [5.41, 5.74) is 4.28. The van der Waals surface area contributed by atoms with Gasteiger partial charge >= 0.3 is 0 Å². The normalized spacial score (nSPS) is 14.0. The van der Waals surface area contributed by atoms with Crippen LogP contribution in [0.3, 0.4) is 0 Å². The van der Waals surface area contributed by atoms with Gasteiger partial charge < -0.3 is 23.7 Å². The minimum Gasteiger partial charge on any atom is -0.495 e. The van der Waals surface area contributed by atoms with Crippen LogP contribution in [0.25, 0.3) is 11.1 Å². The van der Waals surface area contributed by atoms with Gasteiger partial charge in [0.05, 0.1) is 19.8 Å². The fraction of sp³-hybridized carbons (Fsp3) is 0.417. The van der Waals surface area contributed by atoms with Crippen molar-refractivity contribution in [2.75, 3.05) is 20.8 Å². The number of hydrogen-bond donors (Lipinski definition) is 1. The topological polar surface area (TPSA) is 70.0 Å². The summed E-state index contributed by atoms with van der Waals surface area (Å²) in [4.78, 5) is 4.50. The van der Waals surface area contributed by atoms with E-state index in [4.69, 9.17) is 18.6 Å². The van der Waals surface area contributed by atoms with Gasteiger partial charge in [-0.05, 0) is 60.7 Å². The molecule has 2 unspecified atom stereocenters. The molecular weight excluding hydrogens is 554 g/mol. The van der Waals surface area contributed by atoms with Gasteiger partial charge in [0, 0.05) is 18.4 Å². The van der Waals surface area contributed by atoms with Crippen LogP contribution in [0.2, 0.25) is 18.1 Å². The number of allylic oxidation sites excluding steroid dienone is 2. The summed E-state index contributed by atoms with van der Waals surface area (Å²) >= 11 is 0. The number of ether oxygens (including phenoxy) is 3. The molecule has 0 amide bonds. The predicted octanol–water partition coefficient (Wildman–Crippen LogP) is 8.93. The zero-order valence-electron chi connectivity index (χ0n) is 27.3. The fourth-order valence-electron chi connectivity index (χ4n) is 4.40. The van der Waals surface area contributed by atoms with E-state index in [-0.39, 0.29) is 5.04 Å². The molecule has 0 spiro atoms. The van der Waals surface area contributed by atoms with Crippen molar-refractivity contribution in [3.05, 3.63) is 95.7 Å². The van der Waals surface area contributed by atoms with E-state index < -0.39 is 14.4 Å². The van der Waals surface area contributed by atoms with Crippen molar-refractivity contribution in [2.24, 2.45) is 5.92 Å². The van der Waals surface area contributed by atoms with E-state index in [2.05, 4.69) is 51.8 Å². The maximum atomic E-state index is 11.3. The van der Waals surface area contributed by atoms with Gasteiger partial charge in [-0.3, -0.25) is 0 Å². The molecule has 0 saturated carbocycles. The van der Waals surface area contributed by atoms with Crippen LogP contribution in [-0.4, -0.2) is 39.2 Å². The number of aliphatic hydroxyl groups is 1. The first-order chi connectivity index (χ1) is 20.4. The molecule has 6 nitrogen and oxygen atoms in total. The Labute approximate surface area is 259 Å². The predicted molar refractivity (Wildman–Crippen MR) is 178 cm³/mol. The van der Waals surface area contributed by atoms with E-state index in [9.17, 15) is 5.11 Å². The van der Waals surface area contributed by atoms with Crippen LogP contribution in [0.4, 0.5) is 0 Å². The van der Waals surface area contributed by atoms with E-state index in [1.54, 1.807) is 26.5 Å². The van der Waals surface area contributed by atoms with Crippen LogP contribution in [0.1, 0.15) is 58.3 Å². The highest BCUT2D eigenvalue weighted by atomic mass is 28.4. The summed E-state index contributed by atoms with van der Waals surface area (Å²) < 4.78 is 23.8. The highest BCUT2D eigenvalue weighted by molar-refractivity contribution is 6.74. The van der Waals surface area contributed by atoms with Gasteiger partial charge in [-0.2, -0.15) is 0 Å². The molecule has 0 fully saturated rings. The van der Waals surface area contributed by atoms with Crippen molar-refractivity contribution in [2.45, 2.75) is 71.9 Å². The Balaban J connectivity index is 1.79. The van der Waals surface area contributed by atoms with Gasteiger partial charge in [-0.1, -0.05) is 94.0 Å². The van der Waals surface area contributed by atoms with E-state index in [1.807, 2.05) is 67.6 Å². The maximum Gasteiger partial charge on any atom is 0.223 e. The molecule has 1 aromatic heterocycles. The molecule has 3 rings (SSSR count). The number of aromatic nitrogens is 1. The molecule has 3 aromatic rings. The zero-order valence-corrected chi connectivity index (χ0v) is 28.3. The van der Waals surface area contributed by atoms with E-state index in [1.165, 1.54) is 0 Å². The minimum atomic E-state index is -1.82. The molecule has 0 saturated heterocycles. The van der Waals surface area contributed by atoms with Crippen LogP contribution in [-0.2, 0) is 11.0 Å². The average Bonchev–Trinajstić information content (AvgIpc) is 3.00. The lowest BCUT2D eigenvalue weighted by atomic mass is 9.99. The third-order valence-electron chi connectivity index (χ3n) is 8.17. The highest BCUT2D eigenvalue weighted by Crippen LogP contribution is 2.41. The number of benzene rings is 2. The molecule has 0 aliphatic rings. The van der Waals surface area contributed by atoms with Crippen molar-refractivity contribution in [3.8, 4) is 28.5 Å². The van der Waals surface area contributed by atoms with Crippen molar-refractivity contribution in [1.82, 2.24) is 4.98 Å². The molecule has 0 aliphatic heterocycles. The lowest BCUT2D eigenvalue weighted by Crippen LogP contribution is -2.41. The van der Waals surface area contributed by atoms with E-state index >= 15 is 0 Å². The lowest BCUT2D eigenvalue weighted by molar-refractivity contribution is 0.215. The van der Waals surface area contributed by atoms with Gasteiger partial charge in [0.1, 0.15) is 24.2 Å². The Bertz CT molecular complexity index is 1360. The van der Waals surface area contributed by atoms with Gasteiger partial charge in [0.2, 0.25) is 5.88 Å². The molecule has 43 heavy (non-hydrogen) atoms. The van der Waals surface area contributed by atoms with Gasteiger partial charge in [-0.15, -0.1) is 0 Å². The first-order valence-corrected chi connectivity index (χ1v) is 17.9. The second kappa shape index (κ2) is 15.4. The Kier molecular flexibility index (Phi) is 12.2. The zero-order chi connectivity index (χ0) is 31.6. The van der Waals surface area contributed by atoms with Crippen LogP contribution in [0.5, 0.6) is 17.4 Å². The molecule has 0 radical (unpaired) electrons. The molecule has 7 heteroatoms. The fourth-order valence-corrected chi connectivity index (χ4v) is 5.46. The average molecular weight is 604 g/mol. The number of aliphatic hydroxyl groups excluding tert-OH is 1. The summed E-state index contributed by atoms with van der Waals surface area (Å²) in [6.45, 7) is 16.8. The third-order valence-corrected chi connectivity index (χ3v) is 12.7. The number of methoxy groups -OCH3 is 2. The second-order valence-electron chi connectivity index (χ2n) is 12.4. The summed E-state index contributed by atoms with van der Waals surface area (Å²) in [5.74, 6) is 1.89. The van der Waals surface area contributed by atoms with Crippen LogP contribution in [0, 0.1) is 5.92 Å². The summed E-state index contributed by atoms with van der Waals surface area (Å²) in [5, 5.41) is 11.5. The molecule has 232 valence electrons. The first-order valence-electron chi connectivity index (χ1n) is 15.0. The van der Waals surface area contributed by atoms with Crippen molar-refractivity contribution < 1.29 is 23.7 Å². The van der Waals surface area contributed by atoms with E-state index in [0.29, 0.717) is 36.3 Å². The number of nitrogens with zero attached hydrogens (tertiary/aromatic N) is 1. The monoisotopic (exact) mass is 603 g/mol. The first kappa shape index (κ1) is 34.1. The second-order valence-corrected chi connectivity index (χ2v) is 17.2. The Hall–Kier alpha value is -3.39. The van der Waals surface area contributed by atoms with Crippen LogP contribution in [0.15, 0.2) is 84.6 Å².